The van der Waals surface area contributed by atoms with Gasteiger partial charge in [0.05, 0.1) is 6.10 Å². The van der Waals surface area contributed by atoms with Gasteiger partial charge in [0.1, 0.15) is 0 Å². The van der Waals surface area contributed by atoms with E-state index in [0.717, 1.165) is 13.2 Å². The largest absolute Gasteiger partial charge is 0.377 e. The summed E-state index contributed by atoms with van der Waals surface area (Å²) in [5.74, 6) is 0. The number of aromatic amines is 1. The Bertz CT molecular complexity index is 514. The molecule has 0 radical (unpaired) electrons. The second-order valence-electron chi connectivity index (χ2n) is 5.12. The highest BCUT2D eigenvalue weighted by Gasteiger charge is 2.21. The molecular weight excluding hydrogens is 224 g/mol. The van der Waals surface area contributed by atoms with Crippen LogP contribution in [-0.4, -0.2) is 23.7 Å². The van der Waals surface area contributed by atoms with Gasteiger partial charge < -0.3 is 15.0 Å². The lowest BCUT2D eigenvalue weighted by Gasteiger charge is -2.20. The molecule has 0 saturated carbocycles. The van der Waals surface area contributed by atoms with Crippen LogP contribution in [-0.2, 0) is 11.3 Å². The molecular formula is C15H20N2O. The normalized spacial score (nSPS) is 21.5. The molecule has 1 fully saturated rings. The summed E-state index contributed by atoms with van der Waals surface area (Å²) in [6, 6.07) is 9.09. The molecule has 0 bridgehead atoms. The average Bonchev–Trinajstić information content (AvgIpc) is 3.05. The molecule has 1 saturated heterocycles. The van der Waals surface area contributed by atoms with Crippen LogP contribution in [0.2, 0.25) is 0 Å². The Morgan fingerprint density at radius 1 is 1.44 bits per heavy atom. The van der Waals surface area contributed by atoms with Crippen LogP contribution < -0.4 is 5.32 Å². The summed E-state index contributed by atoms with van der Waals surface area (Å²) in [4.78, 5) is 3.25. The van der Waals surface area contributed by atoms with Crippen LogP contribution in [0.1, 0.15) is 25.3 Å². The SMILES string of the molecule is CC(NCc1ccc2cc[nH]c2c1)C1CCCO1. The third kappa shape index (κ3) is 2.42. The number of nitrogens with one attached hydrogen (secondary N) is 2. The molecule has 2 aromatic rings. The number of ether oxygens (including phenoxy) is 1. The Morgan fingerprint density at radius 3 is 3.22 bits per heavy atom. The molecule has 1 aliphatic heterocycles. The first-order valence-corrected chi connectivity index (χ1v) is 6.74. The van der Waals surface area contributed by atoms with E-state index in [1.807, 2.05) is 6.20 Å². The van der Waals surface area contributed by atoms with Gasteiger partial charge in [0, 0.05) is 30.9 Å². The van der Waals surface area contributed by atoms with Gasteiger partial charge in [-0.2, -0.15) is 0 Å². The van der Waals surface area contributed by atoms with Crippen LogP contribution in [0.4, 0.5) is 0 Å². The summed E-state index contributed by atoms with van der Waals surface area (Å²) < 4.78 is 5.69. The topological polar surface area (TPSA) is 37.0 Å². The first kappa shape index (κ1) is 11.8. The minimum Gasteiger partial charge on any atom is -0.377 e. The van der Waals surface area contributed by atoms with Crippen LogP contribution in [0.15, 0.2) is 30.5 Å². The number of hydrogen-bond donors (Lipinski definition) is 2. The summed E-state index contributed by atoms with van der Waals surface area (Å²) in [7, 11) is 0. The maximum Gasteiger partial charge on any atom is 0.0726 e. The van der Waals surface area contributed by atoms with Crippen molar-refractivity contribution >= 4 is 10.9 Å². The van der Waals surface area contributed by atoms with Gasteiger partial charge in [-0.3, -0.25) is 0 Å². The minimum absolute atomic E-state index is 0.388. The third-order valence-electron chi connectivity index (χ3n) is 3.77. The van der Waals surface area contributed by atoms with Gasteiger partial charge in [0.15, 0.2) is 0 Å². The maximum atomic E-state index is 5.69. The lowest BCUT2D eigenvalue weighted by Crippen LogP contribution is -2.36. The molecule has 0 aliphatic carbocycles. The Kier molecular flexibility index (Phi) is 3.35. The summed E-state index contributed by atoms with van der Waals surface area (Å²) in [6.07, 6.45) is 4.76. The van der Waals surface area contributed by atoms with E-state index in [-0.39, 0.29) is 0 Å². The molecule has 1 aliphatic rings. The van der Waals surface area contributed by atoms with E-state index in [1.165, 1.54) is 29.3 Å². The number of fused-ring (bicyclic) bond motifs is 1. The van der Waals surface area contributed by atoms with Crippen molar-refractivity contribution in [3.8, 4) is 0 Å². The van der Waals surface area contributed by atoms with Gasteiger partial charge in [-0.1, -0.05) is 12.1 Å². The smallest absolute Gasteiger partial charge is 0.0726 e. The van der Waals surface area contributed by atoms with Crippen molar-refractivity contribution in [3.05, 3.63) is 36.0 Å². The van der Waals surface area contributed by atoms with E-state index in [1.54, 1.807) is 0 Å². The van der Waals surface area contributed by atoms with Crippen molar-refractivity contribution < 1.29 is 4.74 Å². The van der Waals surface area contributed by atoms with Crippen molar-refractivity contribution in [1.82, 2.24) is 10.3 Å². The predicted octanol–water partition coefficient (Wildman–Crippen LogP) is 2.83. The molecule has 0 amide bonds. The van der Waals surface area contributed by atoms with Gasteiger partial charge >= 0.3 is 0 Å². The first-order chi connectivity index (χ1) is 8.83. The van der Waals surface area contributed by atoms with Crippen LogP contribution in [0, 0.1) is 0 Å². The Hall–Kier alpha value is -1.32. The van der Waals surface area contributed by atoms with Gasteiger partial charge in [0.2, 0.25) is 0 Å². The fourth-order valence-corrected chi connectivity index (χ4v) is 2.61. The molecule has 2 N–H and O–H groups in total. The minimum atomic E-state index is 0.388. The van der Waals surface area contributed by atoms with Gasteiger partial charge in [-0.05, 0) is 42.8 Å². The standard InChI is InChI=1S/C15H20N2O/c1-11(15-3-2-8-18-15)17-10-12-4-5-13-6-7-16-14(13)9-12/h4-7,9,11,15-17H,2-3,8,10H2,1H3. The zero-order chi connectivity index (χ0) is 12.4. The van der Waals surface area contributed by atoms with E-state index in [0.29, 0.717) is 12.1 Å². The summed E-state index contributed by atoms with van der Waals surface area (Å²) in [5.41, 5.74) is 2.52. The monoisotopic (exact) mass is 244 g/mol. The van der Waals surface area contributed by atoms with Crippen molar-refractivity contribution in [1.29, 1.82) is 0 Å². The second kappa shape index (κ2) is 5.12. The van der Waals surface area contributed by atoms with E-state index >= 15 is 0 Å². The first-order valence-electron chi connectivity index (χ1n) is 6.74. The number of hydrogen-bond acceptors (Lipinski definition) is 2. The van der Waals surface area contributed by atoms with Crippen LogP contribution in [0.25, 0.3) is 10.9 Å². The second-order valence-corrected chi connectivity index (χ2v) is 5.12. The summed E-state index contributed by atoms with van der Waals surface area (Å²) in [5, 5.41) is 4.83. The lowest BCUT2D eigenvalue weighted by atomic mass is 10.1. The highest BCUT2D eigenvalue weighted by Crippen LogP contribution is 2.17. The summed E-state index contributed by atoms with van der Waals surface area (Å²) >= 11 is 0. The highest BCUT2D eigenvalue weighted by molar-refractivity contribution is 5.79. The number of aromatic nitrogens is 1. The fraction of sp³-hybridized carbons (Fsp3) is 0.467. The molecule has 2 heterocycles. The van der Waals surface area contributed by atoms with Crippen molar-refractivity contribution in [2.24, 2.45) is 0 Å². The zero-order valence-electron chi connectivity index (χ0n) is 10.8. The third-order valence-corrected chi connectivity index (χ3v) is 3.77. The van der Waals surface area contributed by atoms with E-state index in [9.17, 15) is 0 Å². The average molecular weight is 244 g/mol. The summed E-state index contributed by atoms with van der Waals surface area (Å²) in [6.45, 7) is 4.03. The molecule has 1 aromatic carbocycles. The molecule has 18 heavy (non-hydrogen) atoms. The number of rotatable bonds is 4. The fourth-order valence-electron chi connectivity index (χ4n) is 2.61. The van der Waals surface area contributed by atoms with E-state index in [2.05, 4.69) is 41.5 Å². The molecule has 2 unspecified atom stereocenters. The Balaban J connectivity index is 1.61. The van der Waals surface area contributed by atoms with Gasteiger partial charge in [-0.15, -0.1) is 0 Å². The van der Waals surface area contributed by atoms with Gasteiger partial charge in [-0.25, -0.2) is 0 Å². The van der Waals surface area contributed by atoms with E-state index < -0.39 is 0 Å². The highest BCUT2D eigenvalue weighted by atomic mass is 16.5. The van der Waals surface area contributed by atoms with Crippen molar-refractivity contribution in [2.75, 3.05) is 6.61 Å². The molecule has 3 rings (SSSR count). The molecule has 96 valence electrons. The molecule has 3 nitrogen and oxygen atoms in total. The molecule has 1 aromatic heterocycles. The number of H-pyrrole nitrogens is 1. The lowest BCUT2D eigenvalue weighted by molar-refractivity contribution is 0.0832. The molecule has 0 spiro atoms. The van der Waals surface area contributed by atoms with Crippen LogP contribution in [0.5, 0.6) is 0 Å². The molecule has 2 atom stereocenters. The Labute approximate surface area is 108 Å². The van der Waals surface area contributed by atoms with Crippen molar-refractivity contribution in [3.63, 3.8) is 0 Å². The predicted molar refractivity (Wildman–Crippen MR) is 73.6 cm³/mol. The van der Waals surface area contributed by atoms with Crippen molar-refractivity contribution in [2.45, 2.75) is 38.5 Å². The quantitative estimate of drug-likeness (QED) is 0.867. The zero-order valence-corrected chi connectivity index (χ0v) is 10.8. The number of benzene rings is 1. The van der Waals surface area contributed by atoms with E-state index in [4.69, 9.17) is 4.74 Å². The Morgan fingerprint density at radius 2 is 2.39 bits per heavy atom. The van der Waals surface area contributed by atoms with Crippen LogP contribution >= 0.6 is 0 Å². The van der Waals surface area contributed by atoms with Gasteiger partial charge in [0.25, 0.3) is 0 Å². The molecule has 3 heteroatoms. The maximum absolute atomic E-state index is 5.69. The van der Waals surface area contributed by atoms with Crippen LogP contribution in [0.3, 0.4) is 0 Å².